The summed E-state index contributed by atoms with van der Waals surface area (Å²) in [4.78, 5) is 20.6. The highest BCUT2D eigenvalue weighted by Gasteiger charge is 2.01. The van der Waals surface area contributed by atoms with Gasteiger partial charge in [-0.1, -0.05) is 0 Å². The highest BCUT2D eigenvalue weighted by Crippen LogP contribution is 2.10. The van der Waals surface area contributed by atoms with Crippen LogP contribution in [0.5, 0.6) is 0 Å². The average molecular weight is 156 g/mol. The molecule has 0 fully saturated rings. The van der Waals surface area contributed by atoms with E-state index in [9.17, 15) is 14.7 Å². The molecule has 0 N–H and O–H groups in total. The van der Waals surface area contributed by atoms with Gasteiger partial charge >= 0.3 is 5.30 Å². The molecule has 1 aromatic heterocycles. The first-order valence-corrected chi connectivity index (χ1v) is 3.88. The lowest BCUT2D eigenvalue weighted by Gasteiger charge is -1.86. The zero-order valence-electron chi connectivity index (χ0n) is 4.94. The van der Waals surface area contributed by atoms with Crippen molar-refractivity contribution < 1.29 is 9.90 Å². The molecule has 0 aromatic carbocycles. The van der Waals surface area contributed by atoms with E-state index in [0.717, 1.165) is 0 Å². The maximum atomic E-state index is 10.4. The van der Waals surface area contributed by atoms with Crippen molar-refractivity contribution in [2.45, 2.75) is 0 Å². The molecule has 0 amide bonds. The van der Waals surface area contributed by atoms with Crippen molar-refractivity contribution >= 4 is 15.8 Å². The van der Waals surface area contributed by atoms with Crippen molar-refractivity contribution in [1.82, 2.24) is 0 Å². The van der Waals surface area contributed by atoms with E-state index in [0.29, 0.717) is 0 Å². The lowest BCUT2D eigenvalue weighted by atomic mass is 10.6. The molecule has 0 bridgehead atoms. The van der Waals surface area contributed by atoms with Gasteiger partial charge in [0, 0.05) is 22.6 Å². The van der Waals surface area contributed by atoms with Crippen LogP contribution in [-0.4, -0.2) is 5.30 Å². The van der Waals surface area contributed by atoms with Gasteiger partial charge in [-0.15, -0.1) is 0 Å². The molecule has 1 aromatic rings. The Balaban J connectivity index is 3.12. The van der Waals surface area contributed by atoms with Gasteiger partial charge in [0.1, 0.15) is 10.8 Å². The van der Waals surface area contributed by atoms with E-state index in [4.69, 9.17) is 0 Å². The van der Waals surface area contributed by atoms with Crippen LogP contribution in [0.25, 0.3) is 0 Å². The lowest BCUT2D eigenvalue weighted by molar-refractivity contribution is -0.233. The van der Waals surface area contributed by atoms with Gasteiger partial charge in [0.15, 0.2) is 5.43 Å². The SMILES string of the molecule is O=C([O-])[s+]1ccc(=O)cc1. The third kappa shape index (κ3) is 1.41. The summed E-state index contributed by atoms with van der Waals surface area (Å²) in [7, 11) is -0.993. The summed E-state index contributed by atoms with van der Waals surface area (Å²) >= 11 is 0. The molecular formula is C6H4O3S. The fraction of sp³-hybridized carbons (Fsp3) is 0. The molecule has 10 heavy (non-hydrogen) atoms. The molecule has 52 valence electrons. The van der Waals surface area contributed by atoms with Gasteiger partial charge in [-0.3, -0.25) is 4.79 Å². The molecule has 0 unspecified atom stereocenters. The maximum Gasteiger partial charge on any atom is 0.300 e. The third-order valence-electron chi connectivity index (χ3n) is 0.950. The molecule has 1 heterocycles. The molecule has 1 rings (SSSR count). The van der Waals surface area contributed by atoms with Crippen molar-refractivity contribution in [2.75, 3.05) is 0 Å². The molecule has 0 aliphatic carbocycles. The zero-order valence-corrected chi connectivity index (χ0v) is 5.76. The Morgan fingerprint density at radius 1 is 1.40 bits per heavy atom. The normalized spacial score (nSPS) is 9.20. The van der Waals surface area contributed by atoms with Crippen molar-refractivity contribution in [3.63, 3.8) is 0 Å². The highest BCUT2D eigenvalue weighted by molar-refractivity contribution is 7.47. The van der Waals surface area contributed by atoms with Crippen LogP contribution in [0.15, 0.2) is 27.7 Å². The fourth-order valence-corrected chi connectivity index (χ4v) is 1.37. The number of hydrogen-bond donors (Lipinski definition) is 0. The first-order valence-electron chi connectivity index (χ1n) is 2.53. The quantitative estimate of drug-likeness (QED) is 0.537. The van der Waals surface area contributed by atoms with E-state index in [-0.39, 0.29) is 5.43 Å². The predicted molar refractivity (Wildman–Crippen MR) is 36.0 cm³/mol. The Morgan fingerprint density at radius 3 is 2.30 bits per heavy atom. The van der Waals surface area contributed by atoms with Gasteiger partial charge in [-0.05, 0) is 0 Å². The molecule has 0 saturated carbocycles. The number of carbonyl (C=O) groups excluding carboxylic acids is 1. The summed E-state index contributed by atoms with van der Waals surface area (Å²) in [6.45, 7) is 0. The van der Waals surface area contributed by atoms with Crippen LogP contribution in [0.2, 0.25) is 0 Å². The van der Waals surface area contributed by atoms with Gasteiger partial charge in [0.25, 0.3) is 0 Å². The van der Waals surface area contributed by atoms with Crippen LogP contribution >= 0.6 is 10.5 Å². The van der Waals surface area contributed by atoms with E-state index >= 15 is 0 Å². The first-order chi connectivity index (χ1) is 4.70. The molecule has 0 saturated heterocycles. The molecule has 0 radical (unpaired) electrons. The third-order valence-corrected chi connectivity index (χ3v) is 2.19. The largest absolute Gasteiger partial charge is 0.500 e. The Kier molecular flexibility index (Phi) is 1.82. The average Bonchev–Trinajstić information content (AvgIpc) is 1.88. The van der Waals surface area contributed by atoms with Crippen LogP contribution in [0.4, 0.5) is 4.79 Å². The zero-order chi connectivity index (χ0) is 7.56. The minimum absolute atomic E-state index is 0.176. The topological polar surface area (TPSA) is 57.2 Å². The van der Waals surface area contributed by atoms with Crippen LogP contribution in [-0.2, 0) is 0 Å². The van der Waals surface area contributed by atoms with Gasteiger partial charge in [0.05, 0.1) is 0 Å². The van der Waals surface area contributed by atoms with Gasteiger partial charge < -0.3 is 9.90 Å². The van der Waals surface area contributed by atoms with Crippen molar-refractivity contribution in [1.29, 1.82) is 0 Å². The summed E-state index contributed by atoms with van der Waals surface area (Å²) in [5, 5.41) is 11.7. The molecule has 0 aliphatic heterocycles. The summed E-state index contributed by atoms with van der Waals surface area (Å²) in [6.07, 6.45) is 0. The van der Waals surface area contributed by atoms with E-state index in [1.807, 2.05) is 0 Å². The molecule has 0 aliphatic rings. The number of carbonyl (C=O) groups is 1. The van der Waals surface area contributed by atoms with Gasteiger partial charge in [-0.2, -0.15) is 0 Å². The van der Waals surface area contributed by atoms with E-state index in [2.05, 4.69) is 0 Å². The predicted octanol–water partition coefficient (Wildman–Crippen LogP) is -0.0127. The van der Waals surface area contributed by atoms with E-state index in [1.165, 1.54) is 22.9 Å². The van der Waals surface area contributed by atoms with Crippen LogP contribution in [0.1, 0.15) is 0 Å². The standard InChI is InChI=1S/C6H4O3S/c7-5-1-3-10(4-2-5)6(8)9/h1-4H. The molecule has 4 heteroatoms. The molecule has 0 spiro atoms. The second-order valence-corrected chi connectivity index (χ2v) is 3.25. The maximum absolute atomic E-state index is 10.4. The molecular weight excluding hydrogens is 152 g/mol. The monoisotopic (exact) mass is 156 g/mol. The number of hydrogen-bond acceptors (Lipinski definition) is 3. The fourth-order valence-electron chi connectivity index (χ4n) is 0.493. The van der Waals surface area contributed by atoms with E-state index in [1.54, 1.807) is 0 Å². The highest BCUT2D eigenvalue weighted by atomic mass is 32.2. The Hall–Kier alpha value is -1.16. The van der Waals surface area contributed by atoms with Crippen molar-refractivity contribution in [2.24, 2.45) is 0 Å². The summed E-state index contributed by atoms with van der Waals surface area (Å²) < 4.78 is 0. The smallest absolute Gasteiger partial charge is 0.300 e. The summed E-state index contributed by atoms with van der Waals surface area (Å²) in [5.41, 5.74) is -0.176. The second-order valence-electron chi connectivity index (χ2n) is 1.63. The number of rotatable bonds is 1. The van der Waals surface area contributed by atoms with Crippen molar-refractivity contribution in [3.8, 4) is 0 Å². The Labute approximate surface area is 59.5 Å². The Bertz CT molecular complexity index is 282. The lowest BCUT2D eigenvalue weighted by Crippen LogP contribution is -2.16. The molecule has 3 nitrogen and oxygen atoms in total. The summed E-state index contributed by atoms with van der Waals surface area (Å²) in [5.74, 6) is 0. The van der Waals surface area contributed by atoms with Gasteiger partial charge in [0.2, 0.25) is 0 Å². The van der Waals surface area contributed by atoms with Crippen molar-refractivity contribution in [3.05, 3.63) is 33.1 Å². The number of carboxylic acid groups (broad SMARTS) is 1. The summed E-state index contributed by atoms with van der Waals surface area (Å²) in [6, 6.07) is 2.47. The van der Waals surface area contributed by atoms with Crippen LogP contribution in [0.3, 0.4) is 0 Å². The minimum Gasteiger partial charge on any atom is -0.500 e. The van der Waals surface area contributed by atoms with Crippen LogP contribution in [0, 0.1) is 0 Å². The second kappa shape index (κ2) is 2.62. The van der Waals surface area contributed by atoms with Gasteiger partial charge in [-0.25, -0.2) is 0 Å². The minimum atomic E-state index is -1.15. The Morgan fingerprint density at radius 2 is 1.90 bits per heavy atom. The molecule has 0 atom stereocenters. The van der Waals surface area contributed by atoms with E-state index < -0.39 is 15.8 Å². The van der Waals surface area contributed by atoms with Crippen LogP contribution < -0.4 is 10.5 Å². The first kappa shape index (κ1) is 6.95.